The summed E-state index contributed by atoms with van der Waals surface area (Å²) in [5.41, 5.74) is -0.748. The van der Waals surface area contributed by atoms with Crippen molar-refractivity contribution in [1.82, 2.24) is 0 Å². The number of ether oxygens (including phenoxy) is 3. The smallest absolute Gasteiger partial charge is 0.431 e. The molecular weight excluding hydrogens is 1010 g/mol. The molecule has 1 aliphatic heterocycles. The number of hydrogen-bond acceptors (Lipinski definition) is 7. The summed E-state index contributed by atoms with van der Waals surface area (Å²) < 4.78 is 106. The lowest BCUT2D eigenvalue weighted by Crippen LogP contribution is -2.68. The van der Waals surface area contributed by atoms with Crippen LogP contribution in [0.3, 0.4) is 0 Å². The lowest BCUT2D eigenvalue weighted by molar-refractivity contribution is -0.294. The molecule has 1 spiro atoms. The molecule has 1 aromatic carbocycles. The molecule has 5 aliphatic rings. The van der Waals surface area contributed by atoms with Crippen molar-refractivity contribution in [3.05, 3.63) is 19.8 Å². The van der Waals surface area contributed by atoms with Crippen molar-refractivity contribution in [2.75, 3.05) is 6.61 Å². The lowest BCUT2D eigenvalue weighted by atomic mass is 9.47. The minimum Gasteiger partial charge on any atom is -0.465 e. The first-order valence-electron chi connectivity index (χ1n) is 11.5. The summed E-state index contributed by atoms with van der Waals surface area (Å²) in [6.45, 7) is -1.17. The molecule has 0 aromatic heterocycles. The van der Waals surface area contributed by atoms with Crippen molar-refractivity contribution in [2.45, 2.75) is 55.5 Å². The van der Waals surface area contributed by atoms with Crippen LogP contribution in [0, 0.1) is 37.4 Å². The summed E-state index contributed by atoms with van der Waals surface area (Å²) in [5.74, 6) is -8.09. The van der Waals surface area contributed by atoms with Crippen LogP contribution in [0.1, 0.15) is 48.9 Å². The second-order valence-corrected chi connectivity index (χ2v) is 16.2. The molecule has 1 aromatic rings. The highest BCUT2D eigenvalue weighted by Gasteiger charge is 2.70. The van der Waals surface area contributed by atoms with E-state index in [1.165, 1.54) is 0 Å². The van der Waals surface area contributed by atoms with Gasteiger partial charge in [-0.1, -0.05) is 0 Å². The van der Waals surface area contributed by atoms with Gasteiger partial charge in [0.15, 0.2) is 5.75 Å². The summed E-state index contributed by atoms with van der Waals surface area (Å²) in [7, 11) is -6.38. The molecule has 0 amide bonds. The zero-order valence-electron chi connectivity index (χ0n) is 19.4. The largest absolute Gasteiger partial charge is 0.465 e. The number of alkyl halides is 4. The number of esters is 2. The van der Waals surface area contributed by atoms with Crippen LogP contribution in [0.4, 0.5) is 17.6 Å². The van der Waals surface area contributed by atoms with Gasteiger partial charge in [0.2, 0.25) is 0 Å². The molecule has 2 unspecified atom stereocenters. The topological polar surface area (TPSA) is 116 Å². The van der Waals surface area contributed by atoms with Gasteiger partial charge in [-0.2, -0.15) is 26.0 Å². The third kappa shape index (κ3) is 4.70. The molecular formula is C22H18F4I4O8S. The fourth-order valence-corrected chi connectivity index (χ4v) is 10.5. The number of carbonyl (C=O) groups is 2. The molecule has 4 aliphatic carbocycles. The van der Waals surface area contributed by atoms with Gasteiger partial charge >= 0.3 is 33.2 Å². The Hall–Kier alpha value is 0.510. The molecule has 6 rings (SSSR count). The maximum absolute atomic E-state index is 13.9. The Morgan fingerprint density at radius 1 is 0.974 bits per heavy atom. The van der Waals surface area contributed by atoms with Gasteiger partial charge in [-0.25, -0.2) is 4.79 Å². The fraction of sp³-hybridized carbons (Fsp3) is 0.636. The first kappa shape index (κ1) is 31.0. The van der Waals surface area contributed by atoms with Crippen LogP contribution in [-0.4, -0.2) is 48.5 Å². The van der Waals surface area contributed by atoms with Crippen molar-refractivity contribution in [1.29, 1.82) is 0 Å². The minimum atomic E-state index is -6.38. The van der Waals surface area contributed by atoms with Gasteiger partial charge < -0.3 is 14.2 Å². The summed E-state index contributed by atoms with van der Waals surface area (Å²) in [6.07, 6.45) is 0.211. The van der Waals surface area contributed by atoms with Gasteiger partial charge in [0.05, 0.1) is 22.0 Å². The van der Waals surface area contributed by atoms with Gasteiger partial charge in [0, 0.05) is 22.5 Å². The average Bonchev–Trinajstić information content (AvgIpc) is 2.83. The average molecular weight is 1030 g/mol. The minimum absolute atomic E-state index is 0.0609. The van der Waals surface area contributed by atoms with Crippen LogP contribution >= 0.6 is 90.4 Å². The third-order valence-corrected chi connectivity index (χ3v) is 16.4. The van der Waals surface area contributed by atoms with Crippen molar-refractivity contribution >= 4 is 112 Å². The zero-order chi connectivity index (χ0) is 28.9. The first-order valence-corrected chi connectivity index (χ1v) is 17.3. The van der Waals surface area contributed by atoms with Crippen LogP contribution in [0.2, 0.25) is 0 Å². The maximum atomic E-state index is 13.9. The van der Waals surface area contributed by atoms with Gasteiger partial charge in [-0.3, -0.25) is 9.35 Å². The first-order chi connectivity index (χ1) is 17.9. The normalized spacial score (nSPS) is 31.6. The third-order valence-electron chi connectivity index (χ3n) is 8.10. The molecule has 17 heteroatoms. The molecule has 4 fully saturated rings. The van der Waals surface area contributed by atoms with Crippen molar-refractivity contribution in [3.8, 4) is 5.75 Å². The highest BCUT2D eigenvalue weighted by molar-refractivity contribution is 14.1. The highest BCUT2D eigenvalue weighted by atomic mass is 127. The predicted molar refractivity (Wildman–Crippen MR) is 159 cm³/mol. The predicted octanol–water partition coefficient (Wildman–Crippen LogP) is 6.23. The molecule has 4 saturated carbocycles. The number of benzene rings is 1. The van der Waals surface area contributed by atoms with E-state index in [9.17, 15) is 35.6 Å². The second kappa shape index (κ2) is 10.0. The van der Waals surface area contributed by atoms with Crippen molar-refractivity contribution < 1.29 is 54.3 Å². The summed E-state index contributed by atoms with van der Waals surface area (Å²) in [4.78, 5) is 26.5. The summed E-state index contributed by atoms with van der Waals surface area (Å²) in [5, 5.41) is -5.73. The fourth-order valence-electron chi connectivity index (χ4n) is 6.54. The molecule has 39 heavy (non-hydrogen) atoms. The molecule has 216 valence electrons. The van der Waals surface area contributed by atoms with Crippen LogP contribution in [0.5, 0.6) is 5.75 Å². The van der Waals surface area contributed by atoms with E-state index < -0.39 is 57.5 Å². The summed E-state index contributed by atoms with van der Waals surface area (Å²) >= 11 is 8.56. The van der Waals surface area contributed by atoms with E-state index in [-0.39, 0.29) is 30.6 Å². The Morgan fingerprint density at radius 2 is 1.54 bits per heavy atom. The molecule has 0 radical (unpaired) electrons. The molecule has 1 heterocycles. The Morgan fingerprint density at radius 3 is 2.10 bits per heavy atom. The van der Waals surface area contributed by atoms with E-state index in [1.807, 2.05) is 0 Å². The van der Waals surface area contributed by atoms with E-state index in [4.69, 9.17) is 18.8 Å². The van der Waals surface area contributed by atoms with Crippen molar-refractivity contribution in [2.24, 2.45) is 23.2 Å². The van der Waals surface area contributed by atoms with E-state index in [0.29, 0.717) is 34.1 Å². The number of hydrogen-bond donors (Lipinski definition) is 1. The van der Waals surface area contributed by atoms with Gasteiger partial charge in [0.1, 0.15) is 5.56 Å². The molecule has 4 bridgehead atoms. The number of rotatable bonds is 6. The highest BCUT2D eigenvalue weighted by Crippen LogP contribution is 2.66. The summed E-state index contributed by atoms with van der Waals surface area (Å²) in [6, 6.07) is 0. The Bertz CT molecular complexity index is 1370. The Kier molecular flexibility index (Phi) is 7.96. The lowest BCUT2D eigenvalue weighted by Gasteiger charge is -2.62. The van der Waals surface area contributed by atoms with Gasteiger partial charge in [-0.05, 0) is 128 Å². The van der Waals surface area contributed by atoms with Crippen molar-refractivity contribution in [3.63, 3.8) is 0 Å². The molecule has 8 nitrogen and oxygen atoms in total. The van der Waals surface area contributed by atoms with Crippen LogP contribution in [0.25, 0.3) is 0 Å². The zero-order valence-corrected chi connectivity index (χ0v) is 28.9. The molecule has 0 saturated heterocycles. The van der Waals surface area contributed by atoms with E-state index in [1.54, 1.807) is 0 Å². The van der Waals surface area contributed by atoms with Crippen LogP contribution in [0.15, 0.2) is 0 Å². The second-order valence-electron chi connectivity index (χ2n) is 10.4. The van der Waals surface area contributed by atoms with E-state index in [2.05, 4.69) is 90.4 Å². The van der Waals surface area contributed by atoms with E-state index in [0.717, 1.165) is 10.7 Å². The SMILES string of the molecule is O=C1OC2(Oc3c(I)c(I)c(I)c(I)c31)C1CC3CC2CC(C(=O)OCCC(F)(F)C(F)(F)S(=O)(=O)O)(C3)C1. The van der Waals surface area contributed by atoms with Crippen LogP contribution < -0.4 is 4.74 Å². The van der Waals surface area contributed by atoms with Crippen LogP contribution in [-0.2, 0) is 24.4 Å². The molecule has 2 atom stereocenters. The number of halogens is 8. The maximum Gasteiger partial charge on any atom is 0.431 e. The number of carbonyl (C=O) groups excluding carboxylic acids is 2. The van der Waals surface area contributed by atoms with E-state index >= 15 is 0 Å². The van der Waals surface area contributed by atoms with Gasteiger partial charge in [0.25, 0.3) is 5.79 Å². The molecule has 1 N–H and O–H groups in total. The number of fused-ring (bicyclic) bond motifs is 1. The Balaban J connectivity index is 1.36. The standard InChI is InChI=1S/C22H18F4I4O8S/c23-20(24,22(25,26)39(33,34)35)1-2-36-18(32)19-5-8-3-9(6-19)21(10(4-8)7-19)37-16-11(17(31)38-21)12(27)13(28)14(29)15(16)30/h8-10H,1-7H2,(H,33,34,35). The quantitative estimate of drug-likeness (QED) is 0.0893. The monoisotopic (exact) mass is 1030 g/mol. The van der Waals surface area contributed by atoms with Gasteiger partial charge in [-0.15, -0.1) is 0 Å². The Labute approximate surface area is 274 Å².